The zero-order chi connectivity index (χ0) is 16.7. The summed E-state index contributed by atoms with van der Waals surface area (Å²) in [7, 11) is 0. The van der Waals surface area contributed by atoms with Crippen LogP contribution in [0, 0.1) is 0 Å². The van der Waals surface area contributed by atoms with Gasteiger partial charge in [0, 0.05) is 24.8 Å². The largest absolute Gasteiger partial charge is 0.468 e. The van der Waals surface area contributed by atoms with Gasteiger partial charge in [0.25, 0.3) is 0 Å². The fourth-order valence-corrected chi connectivity index (χ4v) is 2.46. The number of aromatic nitrogens is 1. The summed E-state index contributed by atoms with van der Waals surface area (Å²) < 4.78 is 40.9. The van der Waals surface area contributed by atoms with Crippen molar-refractivity contribution in [2.45, 2.75) is 50.9 Å². The van der Waals surface area contributed by atoms with Crippen LogP contribution >= 0.6 is 0 Å². The summed E-state index contributed by atoms with van der Waals surface area (Å²) in [4.78, 5) is 15.5. The van der Waals surface area contributed by atoms with Gasteiger partial charge >= 0.3 is 12.2 Å². The van der Waals surface area contributed by atoms with Crippen LogP contribution < -0.4 is 15.4 Å². The molecule has 2 N–H and O–H groups in total. The number of nitrogens with one attached hydrogen (secondary N) is 2. The molecule has 0 saturated heterocycles. The maximum Gasteiger partial charge on any atom is 0.422 e. The number of carbonyl (C=O) groups is 1. The van der Waals surface area contributed by atoms with Crippen molar-refractivity contribution in [3.63, 3.8) is 0 Å². The van der Waals surface area contributed by atoms with Crippen molar-refractivity contribution >= 4 is 6.03 Å². The van der Waals surface area contributed by atoms with E-state index in [1.165, 1.54) is 18.7 Å². The number of nitrogens with zero attached hydrogens (tertiary/aromatic N) is 1. The Labute approximate surface area is 132 Å². The zero-order valence-electron chi connectivity index (χ0n) is 12.7. The van der Waals surface area contributed by atoms with Crippen LogP contribution in [-0.2, 0) is 6.54 Å². The van der Waals surface area contributed by atoms with E-state index in [1.807, 2.05) is 0 Å². The predicted molar refractivity (Wildman–Crippen MR) is 78.0 cm³/mol. The molecule has 23 heavy (non-hydrogen) atoms. The molecule has 0 unspecified atom stereocenters. The first-order chi connectivity index (χ1) is 10.9. The number of hydrogen-bond acceptors (Lipinski definition) is 3. The summed E-state index contributed by atoms with van der Waals surface area (Å²) >= 11 is 0. The maximum atomic E-state index is 12.1. The Hall–Kier alpha value is -1.99. The highest BCUT2D eigenvalue weighted by Gasteiger charge is 2.28. The minimum atomic E-state index is -4.41. The van der Waals surface area contributed by atoms with Gasteiger partial charge in [-0.2, -0.15) is 13.2 Å². The van der Waals surface area contributed by atoms with E-state index in [0.29, 0.717) is 5.56 Å². The lowest BCUT2D eigenvalue weighted by Crippen LogP contribution is -2.42. The number of halogens is 3. The molecule has 1 aromatic heterocycles. The van der Waals surface area contributed by atoms with Gasteiger partial charge in [-0.3, -0.25) is 0 Å². The fraction of sp³-hybridized carbons (Fsp3) is 0.600. The SMILES string of the molecule is O=C(NCc1ccnc(OCC(F)(F)F)c1)NC1CCCCC1. The minimum Gasteiger partial charge on any atom is -0.468 e. The van der Waals surface area contributed by atoms with Crippen molar-refractivity contribution in [3.8, 4) is 5.88 Å². The molecule has 0 aliphatic heterocycles. The van der Waals surface area contributed by atoms with Crippen LogP contribution in [0.15, 0.2) is 18.3 Å². The van der Waals surface area contributed by atoms with Crippen LogP contribution in [0.5, 0.6) is 5.88 Å². The zero-order valence-corrected chi connectivity index (χ0v) is 12.7. The van der Waals surface area contributed by atoms with Crippen LogP contribution in [0.3, 0.4) is 0 Å². The van der Waals surface area contributed by atoms with Gasteiger partial charge in [-0.15, -0.1) is 0 Å². The number of urea groups is 1. The maximum absolute atomic E-state index is 12.1. The number of pyridine rings is 1. The second-order valence-corrected chi connectivity index (χ2v) is 5.57. The number of alkyl halides is 3. The molecule has 0 radical (unpaired) electrons. The molecule has 1 fully saturated rings. The van der Waals surface area contributed by atoms with Gasteiger partial charge in [0.1, 0.15) is 0 Å². The van der Waals surface area contributed by atoms with E-state index in [4.69, 9.17) is 0 Å². The van der Waals surface area contributed by atoms with Gasteiger partial charge in [0.2, 0.25) is 5.88 Å². The van der Waals surface area contributed by atoms with Crippen LogP contribution in [0.2, 0.25) is 0 Å². The van der Waals surface area contributed by atoms with Crippen molar-refractivity contribution in [2.75, 3.05) is 6.61 Å². The van der Waals surface area contributed by atoms with Crippen LogP contribution in [0.25, 0.3) is 0 Å². The van der Waals surface area contributed by atoms with Crippen molar-refractivity contribution < 1.29 is 22.7 Å². The summed E-state index contributed by atoms with van der Waals surface area (Å²) in [6.07, 6.45) is 2.36. The molecule has 128 valence electrons. The van der Waals surface area contributed by atoms with E-state index in [-0.39, 0.29) is 24.5 Å². The standard InChI is InChI=1S/C15H20F3N3O2/c16-15(17,18)10-23-13-8-11(6-7-19-13)9-20-14(22)21-12-4-2-1-3-5-12/h6-8,12H,1-5,9-10H2,(H2,20,21,22). The van der Waals surface area contributed by atoms with E-state index < -0.39 is 12.8 Å². The highest BCUT2D eigenvalue weighted by atomic mass is 19.4. The summed E-state index contributed by atoms with van der Waals surface area (Å²) in [6.45, 7) is -1.19. The normalized spacial score (nSPS) is 16.0. The van der Waals surface area contributed by atoms with E-state index in [1.54, 1.807) is 6.07 Å². The minimum absolute atomic E-state index is 0.116. The van der Waals surface area contributed by atoms with Crippen LogP contribution in [-0.4, -0.2) is 29.8 Å². The summed E-state index contributed by atoms with van der Waals surface area (Å²) in [5, 5.41) is 5.59. The molecule has 2 rings (SSSR count). The van der Waals surface area contributed by atoms with Gasteiger partial charge < -0.3 is 15.4 Å². The lowest BCUT2D eigenvalue weighted by atomic mass is 9.96. The third kappa shape index (κ3) is 6.75. The lowest BCUT2D eigenvalue weighted by Gasteiger charge is -2.22. The average Bonchev–Trinajstić information content (AvgIpc) is 2.52. The van der Waals surface area contributed by atoms with Gasteiger partial charge in [-0.25, -0.2) is 9.78 Å². The van der Waals surface area contributed by atoms with E-state index in [2.05, 4.69) is 20.4 Å². The first-order valence-corrected chi connectivity index (χ1v) is 7.61. The Morgan fingerprint density at radius 3 is 2.74 bits per heavy atom. The van der Waals surface area contributed by atoms with E-state index in [9.17, 15) is 18.0 Å². The van der Waals surface area contributed by atoms with Crippen molar-refractivity contribution in [2.24, 2.45) is 0 Å². The number of rotatable bonds is 5. The molecule has 1 heterocycles. The first kappa shape index (κ1) is 17.4. The fourth-order valence-electron chi connectivity index (χ4n) is 2.46. The molecule has 1 aromatic rings. The van der Waals surface area contributed by atoms with Gasteiger partial charge in [-0.1, -0.05) is 19.3 Å². The Morgan fingerprint density at radius 1 is 1.30 bits per heavy atom. The Kier molecular flexibility index (Phi) is 6.06. The topological polar surface area (TPSA) is 63.2 Å². The smallest absolute Gasteiger partial charge is 0.422 e. The molecule has 1 saturated carbocycles. The number of hydrogen-bond donors (Lipinski definition) is 2. The molecule has 1 aliphatic carbocycles. The highest BCUT2D eigenvalue weighted by molar-refractivity contribution is 5.74. The second kappa shape index (κ2) is 8.03. The van der Waals surface area contributed by atoms with E-state index >= 15 is 0 Å². The Balaban J connectivity index is 1.77. The number of ether oxygens (including phenoxy) is 1. The molecule has 1 aliphatic rings. The molecular weight excluding hydrogens is 311 g/mol. The van der Waals surface area contributed by atoms with Crippen molar-refractivity contribution in [1.29, 1.82) is 0 Å². The first-order valence-electron chi connectivity index (χ1n) is 7.61. The van der Waals surface area contributed by atoms with Crippen molar-refractivity contribution in [3.05, 3.63) is 23.9 Å². The highest BCUT2D eigenvalue weighted by Crippen LogP contribution is 2.18. The average molecular weight is 331 g/mol. The third-order valence-corrected chi connectivity index (χ3v) is 3.58. The molecule has 5 nitrogen and oxygen atoms in total. The second-order valence-electron chi connectivity index (χ2n) is 5.57. The van der Waals surface area contributed by atoms with Crippen LogP contribution in [0.1, 0.15) is 37.7 Å². The molecule has 0 atom stereocenters. The third-order valence-electron chi connectivity index (χ3n) is 3.58. The molecule has 2 amide bonds. The summed E-state index contributed by atoms with van der Waals surface area (Å²) in [5.41, 5.74) is 0.621. The van der Waals surface area contributed by atoms with Crippen LogP contribution in [0.4, 0.5) is 18.0 Å². The summed E-state index contributed by atoms with van der Waals surface area (Å²) in [6, 6.07) is 2.92. The lowest BCUT2D eigenvalue weighted by molar-refractivity contribution is -0.154. The Morgan fingerprint density at radius 2 is 2.04 bits per heavy atom. The van der Waals surface area contributed by atoms with Gasteiger partial charge in [-0.05, 0) is 24.5 Å². The summed E-state index contributed by atoms with van der Waals surface area (Å²) in [5.74, 6) is -0.116. The monoisotopic (exact) mass is 331 g/mol. The molecule has 8 heteroatoms. The van der Waals surface area contributed by atoms with Gasteiger partial charge in [0.15, 0.2) is 6.61 Å². The molecule has 0 bridgehead atoms. The van der Waals surface area contributed by atoms with Crippen molar-refractivity contribution in [1.82, 2.24) is 15.6 Å². The van der Waals surface area contributed by atoms with Gasteiger partial charge in [0.05, 0.1) is 0 Å². The molecular formula is C15H20F3N3O2. The predicted octanol–water partition coefficient (Wildman–Crippen LogP) is 3.15. The molecule has 0 aromatic carbocycles. The number of amides is 2. The number of carbonyl (C=O) groups excluding carboxylic acids is 1. The Bertz CT molecular complexity index is 517. The quantitative estimate of drug-likeness (QED) is 0.871. The molecule has 0 spiro atoms. The van der Waals surface area contributed by atoms with E-state index in [0.717, 1.165) is 25.7 Å².